The van der Waals surface area contributed by atoms with Gasteiger partial charge < -0.3 is 25.3 Å². The summed E-state index contributed by atoms with van der Waals surface area (Å²) in [7, 11) is 0. The Bertz CT molecular complexity index is 1150. The summed E-state index contributed by atoms with van der Waals surface area (Å²) in [6.07, 6.45) is 2.17. The van der Waals surface area contributed by atoms with E-state index in [2.05, 4.69) is 10.6 Å². The minimum absolute atomic E-state index is 0.0473. The minimum atomic E-state index is -1.39. The van der Waals surface area contributed by atoms with E-state index in [1.54, 1.807) is 36.4 Å². The minimum Gasteiger partial charge on any atom is -0.477 e. The van der Waals surface area contributed by atoms with E-state index in [9.17, 15) is 29.4 Å². The molecular weight excluding hydrogens is 428 g/mol. The number of benzene rings is 2. The molecular formula is C24H18N2O7. The summed E-state index contributed by atoms with van der Waals surface area (Å²) < 4.78 is 5.44. The van der Waals surface area contributed by atoms with Crippen molar-refractivity contribution in [3.63, 3.8) is 0 Å². The summed E-state index contributed by atoms with van der Waals surface area (Å²) in [5.41, 5.74) is -0.338. The van der Waals surface area contributed by atoms with E-state index in [1.165, 1.54) is 36.4 Å². The van der Waals surface area contributed by atoms with E-state index in [4.69, 9.17) is 4.42 Å². The Morgan fingerprint density at radius 3 is 1.30 bits per heavy atom. The van der Waals surface area contributed by atoms with Crippen molar-refractivity contribution in [3.05, 3.63) is 107 Å². The van der Waals surface area contributed by atoms with Gasteiger partial charge in [-0.2, -0.15) is 0 Å². The molecule has 0 unspecified atom stereocenters. The van der Waals surface area contributed by atoms with Crippen LogP contribution in [0.1, 0.15) is 32.2 Å². The molecule has 3 rings (SSSR count). The zero-order valence-electron chi connectivity index (χ0n) is 17.0. The highest BCUT2D eigenvalue weighted by atomic mass is 16.4. The molecule has 0 saturated heterocycles. The van der Waals surface area contributed by atoms with E-state index in [1.807, 2.05) is 0 Å². The number of amides is 2. The van der Waals surface area contributed by atoms with E-state index >= 15 is 0 Å². The molecule has 1 heterocycles. The standard InChI is InChI=1S/C24H18N2O7/c27-21(15-7-3-1-4-8-15)25-19(23(29)30)13-17-11-12-18(33-17)14-20(24(31)32)26-22(28)16-9-5-2-6-10-16/h1-14H,(H,25,27)(H,26,28)(H,29,30)(H,31,32). The number of nitrogens with one attached hydrogen (secondary N) is 2. The molecule has 3 aromatic rings. The van der Waals surface area contributed by atoms with Crippen LogP contribution in [0.5, 0.6) is 0 Å². The van der Waals surface area contributed by atoms with Crippen molar-refractivity contribution in [1.29, 1.82) is 0 Å². The highest BCUT2D eigenvalue weighted by Crippen LogP contribution is 2.15. The first-order valence-electron chi connectivity index (χ1n) is 9.56. The lowest BCUT2D eigenvalue weighted by Gasteiger charge is -2.06. The number of aliphatic carboxylic acids is 2. The zero-order valence-corrected chi connectivity index (χ0v) is 17.0. The number of carbonyl (C=O) groups is 4. The first kappa shape index (κ1) is 22.8. The Balaban J connectivity index is 1.79. The van der Waals surface area contributed by atoms with Gasteiger partial charge in [-0.3, -0.25) is 9.59 Å². The predicted octanol–water partition coefficient (Wildman–Crippen LogP) is 2.99. The second kappa shape index (κ2) is 10.4. The van der Waals surface area contributed by atoms with Gasteiger partial charge in [0.25, 0.3) is 11.8 Å². The fourth-order valence-electron chi connectivity index (χ4n) is 2.68. The quantitative estimate of drug-likeness (QED) is 0.389. The number of hydrogen-bond donors (Lipinski definition) is 4. The van der Waals surface area contributed by atoms with Gasteiger partial charge in [0.15, 0.2) is 0 Å². The van der Waals surface area contributed by atoms with E-state index in [0.717, 1.165) is 12.2 Å². The van der Waals surface area contributed by atoms with Gasteiger partial charge in [-0.05, 0) is 36.4 Å². The lowest BCUT2D eigenvalue weighted by Crippen LogP contribution is -2.27. The molecule has 33 heavy (non-hydrogen) atoms. The number of carbonyl (C=O) groups excluding carboxylic acids is 2. The largest absolute Gasteiger partial charge is 0.477 e. The van der Waals surface area contributed by atoms with Crippen molar-refractivity contribution in [2.24, 2.45) is 0 Å². The molecule has 1 aromatic heterocycles. The van der Waals surface area contributed by atoms with Gasteiger partial charge in [0, 0.05) is 23.3 Å². The molecule has 4 N–H and O–H groups in total. The Kier molecular flexibility index (Phi) is 7.17. The lowest BCUT2D eigenvalue weighted by molar-refractivity contribution is -0.133. The molecule has 9 nitrogen and oxygen atoms in total. The van der Waals surface area contributed by atoms with E-state index in [0.29, 0.717) is 0 Å². The molecule has 0 aliphatic carbocycles. The normalized spacial score (nSPS) is 11.5. The van der Waals surface area contributed by atoms with Gasteiger partial charge in [-0.15, -0.1) is 0 Å². The summed E-state index contributed by atoms with van der Waals surface area (Å²) in [5, 5.41) is 23.4. The van der Waals surface area contributed by atoms with Gasteiger partial charge in [0.1, 0.15) is 22.9 Å². The first-order valence-corrected chi connectivity index (χ1v) is 9.56. The van der Waals surface area contributed by atoms with Gasteiger partial charge >= 0.3 is 11.9 Å². The Morgan fingerprint density at radius 2 is 0.970 bits per heavy atom. The van der Waals surface area contributed by atoms with Crippen LogP contribution >= 0.6 is 0 Å². The molecule has 0 atom stereocenters. The highest BCUT2D eigenvalue weighted by Gasteiger charge is 2.16. The predicted molar refractivity (Wildman–Crippen MR) is 118 cm³/mol. The topological polar surface area (TPSA) is 146 Å². The van der Waals surface area contributed by atoms with E-state index < -0.39 is 35.1 Å². The maximum Gasteiger partial charge on any atom is 0.352 e. The third-order valence-corrected chi connectivity index (χ3v) is 4.25. The molecule has 0 fully saturated rings. The monoisotopic (exact) mass is 446 g/mol. The molecule has 0 saturated carbocycles. The first-order chi connectivity index (χ1) is 15.8. The molecule has 0 aliphatic heterocycles. The van der Waals surface area contributed by atoms with Crippen molar-refractivity contribution < 1.29 is 33.8 Å². The third kappa shape index (κ3) is 6.28. The van der Waals surface area contributed by atoms with Crippen LogP contribution in [0.15, 0.2) is 88.6 Å². The van der Waals surface area contributed by atoms with Crippen molar-refractivity contribution >= 4 is 35.9 Å². The van der Waals surface area contributed by atoms with Crippen LogP contribution in [0.25, 0.3) is 12.2 Å². The Hall–Kier alpha value is -4.92. The SMILES string of the molecule is O=C(O)C(=Cc1ccc(C=C(NC(=O)c2ccccc2)C(=O)O)o1)NC(=O)c1ccccc1. The zero-order chi connectivity index (χ0) is 23.8. The maximum absolute atomic E-state index is 12.2. The fraction of sp³-hybridized carbons (Fsp3) is 0. The van der Waals surface area contributed by atoms with Crippen molar-refractivity contribution in [1.82, 2.24) is 10.6 Å². The van der Waals surface area contributed by atoms with E-state index in [-0.39, 0.29) is 22.6 Å². The molecule has 9 heteroatoms. The van der Waals surface area contributed by atoms with Crippen LogP contribution in [0.4, 0.5) is 0 Å². The number of rotatable bonds is 8. The third-order valence-electron chi connectivity index (χ3n) is 4.25. The van der Waals surface area contributed by atoms with Crippen molar-refractivity contribution in [2.45, 2.75) is 0 Å². The number of furan rings is 1. The summed E-state index contributed by atoms with van der Waals surface area (Å²) >= 11 is 0. The summed E-state index contributed by atoms with van der Waals surface area (Å²) in [5.74, 6) is -3.93. The smallest absolute Gasteiger partial charge is 0.352 e. The van der Waals surface area contributed by atoms with Gasteiger partial charge in [0.05, 0.1) is 0 Å². The van der Waals surface area contributed by atoms with Gasteiger partial charge in [-0.25, -0.2) is 9.59 Å². The Morgan fingerprint density at radius 1 is 0.606 bits per heavy atom. The molecule has 0 radical (unpaired) electrons. The van der Waals surface area contributed by atoms with Crippen LogP contribution in [-0.2, 0) is 9.59 Å². The average Bonchev–Trinajstić information content (AvgIpc) is 3.26. The van der Waals surface area contributed by atoms with Crippen LogP contribution < -0.4 is 10.6 Å². The summed E-state index contributed by atoms with van der Waals surface area (Å²) in [4.78, 5) is 47.5. The lowest BCUT2D eigenvalue weighted by atomic mass is 10.2. The Labute approximate surface area is 187 Å². The van der Waals surface area contributed by atoms with Crippen LogP contribution in [0, 0.1) is 0 Å². The highest BCUT2D eigenvalue weighted by molar-refractivity contribution is 6.03. The molecule has 166 valence electrons. The number of carboxylic acids is 2. The number of carboxylic acid groups (broad SMARTS) is 2. The van der Waals surface area contributed by atoms with Gasteiger partial charge in [0.2, 0.25) is 0 Å². The molecule has 0 aliphatic rings. The van der Waals surface area contributed by atoms with Crippen LogP contribution in [0.2, 0.25) is 0 Å². The molecule has 2 aromatic carbocycles. The fourth-order valence-corrected chi connectivity index (χ4v) is 2.68. The second-order valence-corrected chi connectivity index (χ2v) is 6.61. The van der Waals surface area contributed by atoms with Gasteiger partial charge in [-0.1, -0.05) is 36.4 Å². The average molecular weight is 446 g/mol. The van der Waals surface area contributed by atoms with Crippen molar-refractivity contribution in [3.8, 4) is 0 Å². The van der Waals surface area contributed by atoms with Crippen molar-refractivity contribution in [2.75, 3.05) is 0 Å². The second-order valence-electron chi connectivity index (χ2n) is 6.61. The molecule has 2 amide bonds. The summed E-state index contributed by atoms with van der Waals surface area (Å²) in [6.45, 7) is 0. The molecule has 0 spiro atoms. The number of hydrogen-bond acceptors (Lipinski definition) is 5. The summed E-state index contributed by atoms with van der Waals surface area (Å²) in [6, 6.07) is 18.9. The molecule has 0 bridgehead atoms. The van der Waals surface area contributed by atoms with Crippen LogP contribution in [-0.4, -0.2) is 34.0 Å². The maximum atomic E-state index is 12.2. The van der Waals surface area contributed by atoms with Crippen LogP contribution in [0.3, 0.4) is 0 Å².